The summed E-state index contributed by atoms with van der Waals surface area (Å²) in [6, 6.07) is 2.16. The predicted molar refractivity (Wildman–Crippen MR) is 80.5 cm³/mol. The predicted octanol–water partition coefficient (Wildman–Crippen LogP) is 3.17. The third-order valence-electron chi connectivity index (χ3n) is 3.05. The minimum atomic E-state index is 0.0921. The van der Waals surface area contributed by atoms with Crippen molar-refractivity contribution in [2.75, 3.05) is 29.9 Å². The van der Waals surface area contributed by atoms with Gasteiger partial charge in [-0.15, -0.1) is 0 Å². The molecule has 4 nitrogen and oxygen atoms in total. The van der Waals surface area contributed by atoms with Crippen LogP contribution in [0.2, 0.25) is 10.0 Å². The number of anilines is 2. The van der Waals surface area contributed by atoms with Crippen LogP contribution in [0.3, 0.4) is 0 Å². The molecule has 1 fully saturated rings. The molecule has 1 aliphatic rings. The Morgan fingerprint density at radius 2 is 2.16 bits per heavy atom. The Balaban J connectivity index is 2.26. The Labute approximate surface area is 123 Å². The molecular weight excluding hydrogens is 285 g/mol. The number of rotatable bonds is 7. The second-order valence-corrected chi connectivity index (χ2v) is 5.51. The van der Waals surface area contributed by atoms with Gasteiger partial charge in [-0.1, -0.05) is 30.1 Å². The molecule has 2 rings (SSSR count). The van der Waals surface area contributed by atoms with E-state index < -0.39 is 0 Å². The van der Waals surface area contributed by atoms with Gasteiger partial charge in [-0.25, -0.2) is 4.98 Å². The first-order valence-corrected chi connectivity index (χ1v) is 7.40. The quantitative estimate of drug-likeness (QED) is 0.812. The van der Waals surface area contributed by atoms with E-state index in [4.69, 9.17) is 23.2 Å². The van der Waals surface area contributed by atoms with Crippen molar-refractivity contribution in [1.29, 1.82) is 0 Å². The number of aliphatic hydroxyl groups is 1. The van der Waals surface area contributed by atoms with Crippen molar-refractivity contribution in [1.82, 2.24) is 4.98 Å². The summed E-state index contributed by atoms with van der Waals surface area (Å²) in [5.74, 6) is 1.37. The zero-order valence-corrected chi connectivity index (χ0v) is 12.5. The summed E-state index contributed by atoms with van der Waals surface area (Å²) in [6.45, 7) is 3.54. The number of aromatic nitrogens is 1. The summed E-state index contributed by atoms with van der Waals surface area (Å²) < 4.78 is 0. The standard InChI is InChI=1S/C13H19Cl2N3O/c1-2-5-16-12-10(14)8-11(15)13(17-12)18(6-7-19)9-3-4-9/h8-9,19H,2-7H2,1H3,(H,16,17). The molecule has 106 valence electrons. The number of hydrogen-bond donors (Lipinski definition) is 2. The fourth-order valence-electron chi connectivity index (χ4n) is 1.98. The van der Waals surface area contributed by atoms with Crippen LogP contribution < -0.4 is 10.2 Å². The van der Waals surface area contributed by atoms with E-state index in [1.54, 1.807) is 6.07 Å². The van der Waals surface area contributed by atoms with Crippen LogP contribution in [0.1, 0.15) is 26.2 Å². The van der Waals surface area contributed by atoms with Gasteiger partial charge < -0.3 is 15.3 Å². The monoisotopic (exact) mass is 303 g/mol. The van der Waals surface area contributed by atoms with Crippen LogP contribution in [0.25, 0.3) is 0 Å². The molecule has 0 unspecified atom stereocenters. The molecule has 6 heteroatoms. The zero-order chi connectivity index (χ0) is 13.8. The van der Waals surface area contributed by atoms with Crippen LogP contribution >= 0.6 is 23.2 Å². The van der Waals surface area contributed by atoms with Crippen LogP contribution in [0.4, 0.5) is 11.6 Å². The average Bonchev–Trinajstić information content (AvgIpc) is 3.20. The molecule has 0 bridgehead atoms. The lowest BCUT2D eigenvalue weighted by molar-refractivity contribution is 0.301. The first kappa shape index (κ1) is 14.7. The maximum absolute atomic E-state index is 9.18. The number of halogens is 2. The number of hydrogen-bond acceptors (Lipinski definition) is 4. The molecule has 1 heterocycles. The summed E-state index contributed by atoms with van der Waals surface area (Å²) in [5.41, 5.74) is 0. The maximum Gasteiger partial charge on any atom is 0.150 e. The van der Waals surface area contributed by atoms with Gasteiger partial charge in [-0.3, -0.25) is 0 Å². The van der Waals surface area contributed by atoms with Crippen molar-refractivity contribution in [3.8, 4) is 0 Å². The van der Waals surface area contributed by atoms with E-state index in [9.17, 15) is 5.11 Å². The smallest absolute Gasteiger partial charge is 0.150 e. The molecule has 1 saturated carbocycles. The maximum atomic E-state index is 9.18. The summed E-state index contributed by atoms with van der Waals surface area (Å²) in [7, 11) is 0. The minimum absolute atomic E-state index is 0.0921. The van der Waals surface area contributed by atoms with E-state index >= 15 is 0 Å². The van der Waals surface area contributed by atoms with Gasteiger partial charge in [0.05, 0.1) is 16.7 Å². The third-order valence-corrected chi connectivity index (χ3v) is 3.62. The van der Waals surface area contributed by atoms with Crippen LogP contribution in [-0.2, 0) is 0 Å². The topological polar surface area (TPSA) is 48.4 Å². The van der Waals surface area contributed by atoms with E-state index in [0.717, 1.165) is 25.8 Å². The first-order chi connectivity index (χ1) is 9.17. The zero-order valence-electron chi connectivity index (χ0n) is 11.0. The second kappa shape index (κ2) is 6.64. The van der Waals surface area contributed by atoms with Gasteiger partial charge in [0.15, 0.2) is 0 Å². The summed E-state index contributed by atoms with van der Waals surface area (Å²) in [6.07, 6.45) is 3.25. The van der Waals surface area contributed by atoms with E-state index in [1.165, 1.54) is 0 Å². The van der Waals surface area contributed by atoms with E-state index in [2.05, 4.69) is 22.1 Å². The van der Waals surface area contributed by atoms with Crippen LogP contribution in [0, 0.1) is 0 Å². The van der Waals surface area contributed by atoms with E-state index in [0.29, 0.717) is 34.3 Å². The largest absolute Gasteiger partial charge is 0.395 e. The van der Waals surface area contributed by atoms with Crippen molar-refractivity contribution in [2.45, 2.75) is 32.2 Å². The highest BCUT2D eigenvalue weighted by Gasteiger charge is 2.31. The molecule has 0 radical (unpaired) electrons. The highest BCUT2D eigenvalue weighted by atomic mass is 35.5. The normalized spacial score (nSPS) is 14.5. The lowest BCUT2D eigenvalue weighted by atomic mass is 10.3. The molecule has 0 amide bonds. The fraction of sp³-hybridized carbons (Fsp3) is 0.615. The van der Waals surface area contributed by atoms with Crippen molar-refractivity contribution < 1.29 is 5.11 Å². The number of nitrogens with zero attached hydrogens (tertiary/aromatic N) is 2. The van der Waals surface area contributed by atoms with Gasteiger partial charge in [0.25, 0.3) is 0 Å². The Bertz CT molecular complexity index is 438. The molecule has 0 atom stereocenters. The van der Waals surface area contributed by atoms with Gasteiger partial charge in [-0.05, 0) is 25.3 Å². The van der Waals surface area contributed by atoms with Gasteiger partial charge in [-0.2, -0.15) is 0 Å². The molecule has 0 aromatic carbocycles. The Morgan fingerprint density at radius 1 is 1.42 bits per heavy atom. The molecule has 1 aromatic rings. The SMILES string of the molecule is CCCNc1nc(N(CCO)C2CC2)c(Cl)cc1Cl. The van der Waals surface area contributed by atoms with Crippen molar-refractivity contribution >= 4 is 34.8 Å². The molecule has 0 aliphatic heterocycles. The second-order valence-electron chi connectivity index (χ2n) is 4.70. The average molecular weight is 304 g/mol. The Hall–Kier alpha value is -0.710. The lowest BCUT2D eigenvalue weighted by Crippen LogP contribution is -2.30. The van der Waals surface area contributed by atoms with Crippen molar-refractivity contribution in [3.05, 3.63) is 16.1 Å². The summed E-state index contributed by atoms with van der Waals surface area (Å²) in [5, 5.41) is 13.4. The van der Waals surface area contributed by atoms with E-state index in [1.807, 2.05) is 0 Å². The first-order valence-electron chi connectivity index (χ1n) is 6.64. The molecule has 2 N–H and O–H groups in total. The molecule has 0 saturated heterocycles. The number of aliphatic hydroxyl groups excluding tert-OH is 1. The van der Waals surface area contributed by atoms with Crippen molar-refractivity contribution in [3.63, 3.8) is 0 Å². The third kappa shape index (κ3) is 3.65. The molecule has 19 heavy (non-hydrogen) atoms. The summed E-state index contributed by atoms with van der Waals surface area (Å²) >= 11 is 12.4. The van der Waals surface area contributed by atoms with Crippen LogP contribution in [0.5, 0.6) is 0 Å². The van der Waals surface area contributed by atoms with Gasteiger partial charge in [0.1, 0.15) is 11.6 Å². The lowest BCUT2D eigenvalue weighted by Gasteiger charge is -2.24. The van der Waals surface area contributed by atoms with Gasteiger partial charge in [0, 0.05) is 19.1 Å². The van der Waals surface area contributed by atoms with Gasteiger partial charge >= 0.3 is 0 Å². The summed E-state index contributed by atoms with van der Waals surface area (Å²) in [4.78, 5) is 6.59. The number of nitrogens with one attached hydrogen (secondary N) is 1. The number of pyridine rings is 1. The Kier molecular flexibility index (Phi) is 5.13. The Morgan fingerprint density at radius 3 is 2.74 bits per heavy atom. The molecule has 1 aliphatic carbocycles. The van der Waals surface area contributed by atoms with Crippen LogP contribution in [-0.4, -0.2) is 35.8 Å². The molecular formula is C13H19Cl2N3O. The highest BCUT2D eigenvalue weighted by Crippen LogP contribution is 2.37. The van der Waals surface area contributed by atoms with Crippen molar-refractivity contribution in [2.24, 2.45) is 0 Å². The molecule has 0 spiro atoms. The van der Waals surface area contributed by atoms with Gasteiger partial charge in [0.2, 0.25) is 0 Å². The molecule has 1 aromatic heterocycles. The fourth-order valence-corrected chi connectivity index (χ4v) is 2.51. The minimum Gasteiger partial charge on any atom is -0.395 e. The van der Waals surface area contributed by atoms with E-state index in [-0.39, 0.29) is 6.61 Å². The van der Waals surface area contributed by atoms with Crippen LogP contribution in [0.15, 0.2) is 6.07 Å². The highest BCUT2D eigenvalue weighted by molar-refractivity contribution is 6.37.